The molecule has 0 spiro atoms. The third-order valence-electron chi connectivity index (χ3n) is 6.34. The van der Waals surface area contributed by atoms with Gasteiger partial charge in [-0.2, -0.15) is 18.3 Å². The molecule has 1 fully saturated rings. The van der Waals surface area contributed by atoms with Crippen molar-refractivity contribution < 1.29 is 17.6 Å². The standard InChI is InChI=1S/C24H15BrCl2F3N7O/c25-13-1-4-15(5-2-13)37-18(10-36-12-31-11-32-36)19(33-20(37)16-6-3-14(26)9-17(16)27)21-34-35-22(38-21)23(7-8-23)24(28,29)30/h1-6,9,11-12H,7-8,10H2. The predicted octanol–water partition coefficient (Wildman–Crippen LogP) is 6.89. The molecular weight excluding hydrogens is 610 g/mol. The first-order valence-corrected chi connectivity index (χ1v) is 12.8. The molecule has 3 aromatic heterocycles. The van der Waals surface area contributed by atoms with Crippen molar-refractivity contribution in [1.82, 2.24) is 34.5 Å². The van der Waals surface area contributed by atoms with E-state index in [9.17, 15) is 13.2 Å². The van der Waals surface area contributed by atoms with Gasteiger partial charge in [-0.15, -0.1) is 10.2 Å². The molecule has 8 nitrogen and oxygen atoms in total. The molecule has 0 radical (unpaired) electrons. The zero-order valence-electron chi connectivity index (χ0n) is 19.1. The molecule has 1 aliphatic carbocycles. The van der Waals surface area contributed by atoms with Crippen molar-refractivity contribution in [1.29, 1.82) is 0 Å². The van der Waals surface area contributed by atoms with Crippen LogP contribution in [0.4, 0.5) is 13.2 Å². The number of alkyl halides is 3. The Morgan fingerprint density at radius 2 is 1.82 bits per heavy atom. The van der Waals surface area contributed by atoms with E-state index in [-0.39, 0.29) is 31.0 Å². The number of hydrogen-bond donors (Lipinski definition) is 0. The summed E-state index contributed by atoms with van der Waals surface area (Å²) in [5.41, 5.74) is -0.163. The van der Waals surface area contributed by atoms with Crippen molar-refractivity contribution in [2.45, 2.75) is 31.0 Å². The second-order valence-corrected chi connectivity index (χ2v) is 10.5. The summed E-state index contributed by atoms with van der Waals surface area (Å²) in [4.78, 5) is 8.78. The Morgan fingerprint density at radius 3 is 2.45 bits per heavy atom. The second-order valence-electron chi connectivity index (χ2n) is 8.75. The van der Waals surface area contributed by atoms with Crippen LogP contribution in [0.3, 0.4) is 0 Å². The zero-order valence-corrected chi connectivity index (χ0v) is 22.2. The Kier molecular flexibility index (Phi) is 6.08. The maximum atomic E-state index is 13.7. The molecule has 0 saturated heterocycles. The van der Waals surface area contributed by atoms with Gasteiger partial charge < -0.3 is 4.42 Å². The third-order valence-corrected chi connectivity index (χ3v) is 7.41. The molecule has 0 amide bonds. The predicted molar refractivity (Wildman–Crippen MR) is 136 cm³/mol. The highest BCUT2D eigenvalue weighted by molar-refractivity contribution is 9.10. The van der Waals surface area contributed by atoms with E-state index in [4.69, 9.17) is 32.6 Å². The lowest BCUT2D eigenvalue weighted by atomic mass is 10.1. The average Bonchev–Trinajstić information content (AvgIpc) is 3.19. The molecule has 0 N–H and O–H groups in total. The quantitative estimate of drug-likeness (QED) is 0.204. The molecule has 14 heteroatoms. The number of aromatic nitrogens is 7. The van der Waals surface area contributed by atoms with E-state index >= 15 is 0 Å². The van der Waals surface area contributed by atoms with Gasteiger partial charge in [0.15, 0.2) is 5.69 Å². The monoisotopic (exact) mass is 623 g/mol. The van der Waals surface area contributed by atoms with Crippen molar-refractivity contribution in [3.63, 3.8) is 0 Å². The van der Waals surface area contributed by atoms with Crippen LogP contribution in [0.5, 0.6) is 0 Å². The summed E-state index contributed by atoms with van der Waals surface area (Å²) >= 11 is 16.2. The van der Waals surface area contributed by atoms with Crippen LogP contribution in [0, 0.1) is 0 Å². The van der Waals surface area contributed by atoms with E-state index in [1.54, 1.807) is 22.9 Å². The zero-order chi connectivity index (χ0) is 26.7. The summed E-state index contributed by atoms with van der Waals surface area (Å²) in [5, 5.41) is 12.7. The van der Waals surface area contributed by atoms with Crippen LogP contribution in [0.15, 0.2) is 64.0 Å². The summed E-state index contributed by atoms with van der Waals surface area (Å²) in [6, 6.07) is 12.4. The maximum absolute atomic E-state index is 13.7. The summed E-state index contributed by atoms with van der Waals surface area (Å²) in [5.74, 6) is -0.223. The molecule has 0 atom stereocenters. The van der Waals surface area contributed by atoms with Crippen LogP contribution < -0.4 is 0 Å². The molecule has 3 heterocycles. The first kappa shape index (κ1) is 25.1. The Labute approximate surface area is 231 Å². The number of halogens is 6. The number of hydrogen-bond acceptors (Lipinski definition) is 6. The largest absolute Gasteiger partial charge is 0.418 e. The summed E-state index contributed by atoms with van der Waals surface area (Å²) in [6.45, 7) is 0.145. The van der Waals surface area contributed by atoms with E-state index in [1.807, 2.05) is 28.8 Å². The molecule has 38 heavy (non-hydrogen) atoms. The van der Waals surface area contributed by atoms with E-state index in [1.165, 1.54) is 12.7 Å². The lowest BCUT2D eigenvalue weighted by Crippen LogP contribution is -2.28. The highest BCUT2D eigenvalue weighted by atomic mass is 79.9. The van der Waals surface area contributed by atoms with Gasteiger partial charge in [-0.05, 0) is 55.3 Å². The van der Waals surface area contributed by atoms with Gasteiger partial charge >= 0.3 is 6.18 Å². The van der Waals surface area contributed by atoms with E-state index in [2.05, 4.69) is 36.2 Å². The Bertz CT molecular complexity index is 1630. The Hall–Kier alpha value is -3.22. The van der Waals surface area contributed by atoms with Gasteiger partial charge in [0.05, 0.1) is 17.3 Å². The van der Waals surface area contributed by atoms with Gasteiger partial charge in [-0.3, -0.25) is 4.57 Å². The minimum Gasteiger partial charge on any atom is -0.418 e. The lowest BCUT2D eigenvalue weighted by molar-refractivity contribution is -0.165. The summed E-state index contributed by atoms with van der Waals surface area (Å²) < 4.78 is 51.1. The van der Waals surface area contributed by atoms with Gasteiger partial charge in [-0.1, -0.05) is 39.1 Å². The fourth-order valence-electron chi connectivity index (χ4n) is 4.21. The van der Waals surface area contributed by atoms with Crippen molar-refractivity contribution >= 4 is 39.1 Å². The first-order valence-electron chi connectivity index (χ1n) is 11.2. The Balaban J connectivity index is 1.59. The second kappa shape index (κ2) is 9.21. The molecular formula is C24H15BrCl2F3N7O. The first-order chi connectivity index (χ1) is 18.2. The van der Waals surface area contributed by atoms with E-state index in [0.717, 1.165) is 4.47 Å². The van der Waals surface area contributed by atoms with Crippen molar-refractivity contribution in [3.05, 3.63) is 81.2 Å². The molecule has 0 bridgehead atoms. The highest BCUT2D eigenvalue weighted by Gasteiger charge is 2.68. The number of nitrogens with zero attached hydrogens (tertiary/aromatic N) is 7. The summed E-state index contributed by atoms with van der Waals surface area (Å²) in [6.07, 6.45) is -1.83. The van der Waals surface area contributed by atoms with Gasteiger partial charge in [0.2, 0.25) is 5.89 Å². The fraction of sp³-hybridized carbons (Fsp3) is 0.208. The van der Waals surface area contributed by atoms with Crippen molar-refractivity contribution in [3.8, 4) is 28.7 Å². The average molecular weight is 625 g/mol. The number of rotatable bonds is 6. The SMILES string of the molecule is FC(F)(F)C1(c2nnc(-c3nc(-c4ccc(Cl)cc4Cl)n(-c4ccc(Br)cc4)c3Cn3cncn3)o2)CC1. The van der Waals surface area contributed by atoms with E-state index < -0.39 is 17.5 Å². The summed E-state index contributed by atoms with van der Waals surface area (Å²) in [7, 11) is 0. The van der Waals surface area contributed by atoms with Crippen molar-refractivity contribution in [2.24, 2.45) is 0 Å². The van der Waals surface area contributed by atoms with Crippen LogP contribution >= 0.6 is 39.1 Å². The van der Waals surface area contributed by atoms with E-state index in [0.29, 0.717) is 32.8 Å². The molecule has 0 unspecified atom stereocenters. The fourth-order valence-corrected chi connectivity index (χ4v) is 4.97. The molecule has 1 saturated carbocycles. The minimum atomic E-state index is -4.50. The van der Waals surface area contributed by atoms with Crippen LogP contribution in [0.2, 0.25) is 10.0 Å². The number of imidazole rings is 1. The molecule has 6 rings (SSSR count). The lowest BCUT2D eigenvalue weighted by Gasteiger charge is -2.14. The molecule has 2 aromatic carbocycles. The molecule has 5 aromatic rings. The van der Waals surface area contributed by atoms with Gasteiger partial charge in [0.1, 0.15) is 23.9 Å². The van der Waals surface area contributed by atoms with Crippen LogP contribution in [-0.2, 0) is 12.0 Å². The highest BCUT2D eigenvalue weighted by Crippen LogP contribution is 2.58. The normalized spacial score (nSPS) is 14.7. The van der Waals surface area contributed by atoms with Gasteiger partial charge in [-0.25, -0.2) is 14.6 Å². The van der Waals surface area contributed by atoms with Gasteiger partial charge in [0.25, 0.3) is 5.89 Å². The number of benzene rings is 2. The molecule has 1 aliphatic rings. The van der Waals surface area contributed by atoms with Crippen molar-refractivity contribution in [2.75, 3.05) is 0 Å². The topological polar surface area (TPSA) is 87.5 Å². The Morgan fingerprint density at radius 1 is 1.05 bits per heavy atom. The van der Waals surface area contributed by atoms with Crippen LogP contribution in [0.1, 0.15) is 24.4 Å². The molecule has 194 valence electrons. The molecule has 0 aliphatic heterocycles. The third kappa shape index (κ3) is 4.30. The maximum Gasteiger partial charge on any atom is 0.403 e. The van der Waals surface area contributed by atoms with Crippen LogP contribution in [-0.4, -0.2) is 40.7 Å². The minimum absolute atomic E-state index is 0.108. The van der Waals surface area contributed by atoms with Crippen LogP contribution in [0.25, 0.3) is 28.7 Å². The van der Waals surface area contributed by atoms with Gasteiger partial charge in [0, 0.05) is 20.7 Å². The smallest absolute Gasteiger partial charge is 0.403 e.